The normalized spacial score (nSPS) is 18.8. The standard InChI is InChI=1S/C19H26N6O/c1-13-4-3-5-16(20-13)12-24-9-8-17-22-23-18(25(17)11-10-24)14(2)21-19(26)15-6-7-15/h3-5,14-15H,6-12H2,1-2H3,(H,21,26)/t14-/m1/s1. The molecule has 7 nitrogen and oxygen atoms in total. The number of nitrogens with one attached hydrogen (secondary N) is 1. The van der Waals surface area contributed by atoms with Gasteiger partial charge < -0.3 is 9.88 Å². The molecule has 0 unspecified atom stereocenters. The van der Waals surface area contributed by atoms with Crippen LogP contribution >= 0.6 is 0 Å². The summed E-state index contributed by atoms with van der Waals surface area (Å²) >= 11 is 0. The van der Waals surface area contributed by atoms with E-state index < -0.39 is 0 Å². The molecule has 7 heteroatoms. The van der Waals surface area contributed by atoms with Gasteiger partial charge in [0.15, 0.2) is 5.82 Å². The third-order valence-electron chi connectivity index (χ3n) is 5.17. The molecule has 3 heterocycles. The number of pyridine rings is 1. The Kier molecular flexibility index (Phi) is 4.72. The molecule has 1 fully saturated rings. The molecule has 138 valence electrons. The molecular formula is C19H26N6O. The zero-order valence-electron chi connectivity index (χ0n) is 15.5. The highest BCUT2D eigenvalue weighted by Gasteiger charge is 2.31. The van der Waals surface area contributed by atoms with Crippen LogP contribution in [0.2, 0.25) is 0 Å². The molecule has 1 aliphatic carbocycles. The van der Waals surface area contributed by atoms with Crippen molar-refractivity contribution in [1.29, 1.82) is 0 Å². The number of hydrogen-bond donors (Lipinski definition) is 1. The van der Waals surface area contributed by atoms with Crippen molar-refractivity contribution in [3.63, 3.8) is 0 Å². The second-order valence-electron chi connectivity index (χ2n) is 7.43. The number of aryl methyl sites for hydroxylation is 1. The minimum absolute atomic E-state index is 0.102. The van der Waals surface area contributed by atoms with Gasteiger partial charge in [-0.1, -0.05) is 6.07 Å². The Morgan fingerprint density at radius 3 is 2.88 bits per heavy atom. The molecule has 0 radical (unpaired) electrons. The first-order valence-electron chi connectivity index (χ1n) is 9.47. The summed E-state index contributed by atoms with van der Waals surface area (Å²) in [5, 5.41) is 11.8. The van der Waals surface area contributed by atoms with Gasteiger partial charge in [-0.05, 0) is 38.8 Å². The molecule has 0 saturated heterocycles. The van der Waals surface area contributed by atoms with E-state index in [2.05, 4.69) is 42.1 Å². The van der Waals surface area contributed by atoms with Crippen molar-refractivity contribution in [1.82, 2.24) is 30.0 Å². The van der Waals surface area contributed by atoms with Gasteiger partial charge in [-0.25, -0.2) is 0 Å². The fraction of sp³-hybridized carbons (Fsp3) is 0.579. The molecule has 4 rings (SSSR count). The van der Waals surface area contributed by atoms with E-state index in [1.807, 2.05) is 19.9 Å². The number of nitrogens with zero attached hydrogens (tertiary/aromatic N) is 5. The highest BCUT2D eigenvalue weighted by Crippen LogP contribution is 2.29. The zero-order chi connectivity index (χ0) is 18.1. The molecule has 2 aromatic heterocycles. The second-order valence-corrected chi connectivity index (χ2v) is 7.43. The monoisotopic (exact) mass is 354 g/mol. The molecule has 2 aliphatic rings. The first-order chi connectivity index (χ1) is 12.6. The Bertz CT molecular complexity index is 797. The number of hydrogen-bond acceptors (Lipinski definition) is 5. The number of fused-ring (bicyclic) bond motifs is 1. The van der Waals surface area contributed by atoms with E-state index in [9.17, 15) is 4.79 Å². The molecule has 1 amide bonds. The van der Waals surface area contributed by atoms with Crippen molar-refractivity contribution in [2.75, 3.05) is 13.1 Å². The van der Waals surface area contributed by atoms with Gasteiger partial charge in [0.25, 0.3) is 0 Å². The van der Waals surface area contributed by atoms with E-state index in [4.69, 9.17) is 0 Å². The van der Waals surface area contributed by atoms with E-state index in [1.54, 1.807) is 0 Å². The molecule has 1 atom stereocenters. The lowest BCUT2D eigenvalue weighted by molar-refractivity contribution is -0.123. The van der Waals surface area contributed by atoms with Crippen LogP contribution < -0.4 is 5.32 Å². The van der Waals surface area contributed by atoms with E-state index in [-0.39, 0.29) is 17.9 Å². The fourth-order valence-electron chi connectivity index (χ4n) is 3.53. The van der Waals surface area contributed by atoms with Crippen molar-refractivity contribution in [2.24, 2.45) is 5.92 Å². The summed E-state index contributed by atoms with van der Waals surface area (Å²) in [6, 6.07) is 6.07. The average molecular weight is 354 g/mol. The maximum Gasteiger partial charge on any atom is 0.223 e. The molecular weight excluding hydrogens is 328 g/mol. The summed E-state index contributed by atoms with van der Waals surface area (Å²) in [5.74, 6) is 2.23. The predicted octanol–water partition coefficient (Wildman–Crippen LogP) is 1.63. The Balaban J connectivity index is 1.41. The number of aromatic nitrogens is 4. The molecule has 26 heavy (non-hydrogen) atoms. The topological polar surface area (TPSA) is 75.9 Å². The lowest BCUT2D eigenvalue weighted by Gasteiger charge is -2.20. The molecule has 1 aliphatic heterocycles. The average Bonchev–Trinajstić information content (AvgIpc) is 3.41. The highest BCUT2D eigenvalue weighted by atomic mass is 16.2. The SMILES string of the molecule is Cc1cccc(CN2CCc3nnc([C@@H](C)NC(=O)C4CC4)n3CC2)n1. The van der Waals surface area contributed by atoms with Gasteiger partial charge in [-0.15, -0.1) is 10.2 Å². The third kappa shape index (κ3) is 3.77. The zero-order valence-corrected chi connectivity index (χ0v) is 15.5. The molecule has 0 spiro atoms. The first-order valence-corrected chi connectivity index (χ1v) is 9.47. The third-order valence-corrected chi connectivity index (χ3v) is 5.17. The minimum Gasteiger partial charge on any atom is -0.346 e. The van der Waals surface area contributed by atoms with Crippen LogP contribution in [0, 0.1) is 12.8 Å². The number of rotatable bonds is 5. The molecule has 0 bridgehead atoms. The van der Waals surface area contributed by atoms with Crippen molar-refractivity contribution >= 4 is 5.91 Å². The van der Waals surface area contributed by atoms with Crippen LogP contribution in [0.3, 0.4) is 0 Å². The first kappa shape index (κ1) is 17.1. The van der Waals surface area contributed by atoms with E-state index in [0.717, 1.165) is 68.5 Å². The van der Waals surface area contributed by atoms with Crippen LogP contribution in [0.15, 0.2) is 18.2 Å². The maximum absolute atomic E-state index is 12.0. The van der Waals surface area contributed by atoms with Gasteiger partial charge in [0.1, 0.15) is 5.82 Å². The van der Waals surface area contributed by atoms with Crippen molar-refractivity contribution < 1.29 is 4.79 Å². The smallest absolute Gasteiger partial charge is 0.223 e. The van der Waals surface area contributed by atoms with E-state index in [1.165, 1.54) is 0 Å². The van der Waals surface area contributed by atoms with Crippen molar-refractivity contribution in [2.45, 2.75) is 52.2 Å². The van der Waals surface area contributed by atoms with Gasteiger partial charge in [0.2, 0.25) is 5.91 Å². The van der Waals surface area contributed by atoms with Gasteiger partial charge in [0.05, 0.1) is 11.7 Å². The number of amides is 1. The van der Waals surface area contributed by atoms with Crippen LogP contribution in [0.1, 0.15) is 48.8 Å². The van der Waals surface area contributed by atoms with Gasteiger partial charge in [0, 0.05) is 44.2 Å². The Hall–Kier alpha value is -2.28. The number of carbonyl (C=O) groups excluding carboxylic acids is 1. The Morgan fingerprint density at radius 2 is 2.12 bits per heavy atom. The minimum atomic E-state index is -0.102. The highest BCUT2D eigenvalue weighted by molar-refractivity contribution is 5.81. The van der Waals surface area contributed by atoms with Gasteiger partial charge in [-0.2, -0.15) is 0 Å². The lowest BCUT2D eigenvalue weighted by atomic mass is 10.2. The largest absolute Gasteiger partial charge is 0.346 e. The summed E-state index contributed by atoms with van der Waals surface area (Å²) < 4.78 is 2.18. The van der Waals surface area contributed by atoms with Crippen LogP contribution in [-0.2, 0) is 24.3 Å². The van der Waals surface area contributed by atoms with Crippen LogP contribution in [0.4, 0.5) is 0 Å². The molecule has 1 saturated carbocycles. The van der Waals surface area contributed by atoms with E-state index in [0.29, 0.717) is 0 Å². The maximum atomic E-state index is 12.0. The van der Waals surface area contributed by atoms with Crippen LogP contribution in [0.25, 0.3) is 0 Å². The van der Waals surface area contributed by atoms with Gasteiger partial charge >= 0.3 is 0 Å². The van der Waals surface area contributed by atoms with Crippen molar-refractivity contribution in [3.8, 4) is 0 Å². The quantitative estimate of drug-likeness (QED) is 0.883. The van der Waals surface area contributed by atoms with E-state index >= 15 is 0 Å². The lowest BCUT2D eigenvalue weighted by Crippen LogP contribution is -2.31. The molecule has 1 N–H and O–H groups in total. The molecule has 0 aromatic carbocycles. The summed E-state index contributed by atoms with van der Waals surface area (Å²) in [5.41, 5.74) is 2.16. The summed E-state index contributed by atoms with van der Waals surface area (Å²) in [4.78, 5) is 19.1. The Labute approximate surface area is 153 Å². The van der Waals surface area contributed by atoms with Gasteiger partial charge in [-0.3, -0.25) is 14.7 Å². The van der Waals surface area contributed by atoms with Crippen molar-refractivity contribution in [3.05, 3.63) is 41.2 Å². The summed E-state index contributed by atoms with van der Waals surface area (Å²) in [6.45, 7) is 7.58. The Morgan fingerprint density at radius 1 is 1.27 bits per heavy atom. The summed E-state index contributed by atoms with van der Waals surface area (Å²) in [6.07, 6.45) is 2.89. The number of carbonyl (C=O) groups is 1. The summed E-state index contributed by atoms with van der Waals surface area (Å²) in [7, 11) is 0. The predicted molar refractivity (Wildman–Crippen MR) is 97.3 cm³/mol. The van der Waals surface area contributed by atoms with Crippen LogP contribution in [0.5, 0.6) is 0 Å². The second kappa shape index (κ2) is 7.15. The fourth-order valence-corrected chi connectivity index (χ4v) is 3.53. The molecule has 2 aromatic rings. The van der Waals surface area contributed by atoms with Crippen LogP contribution in [-0.4, -0.2) is 43.6 Å².